The number of fused-ring (bicyclic) bond motifs is 1. The summed E-state index contributed by atoms with van der Waals surface area (Å²) in [6.45, 7) is 2.77. The predicted molar refractivity (Wildman–Crippen MR) is 120 cm³/mol. The zero-order chi connectivity index (χ0) is 20.9. The van der Waals surface area contributed by atoms with Crippen LogP contribution in [0.2, 0.25) is 0 Å². The van der Waals surface area contributed by atoms with Crippen molar-refractivity contribution in [3.05, 3.63) is 77.5 Å². The molecule has 0 radical (unpaired) electrons. The lowest BCUT2D eigenvalue weighted by Gasteiger charge is -2.26. The van der Waals surface area contributed by atoms with Gasteiger partial charge >= 0.3 is 0 Å². The first-order chi connectivity index (χ1) is 14.7. The van der Waals surface area contributed by atoms with E-state index < -0.39 is 0 Å². The Kier molecular flexibility index (Phi) is 5.80. The van der Waals surface area contributed by atoms with Gasteiger partial charge in [0.2, 0.25) is 5.91 Å². The summed E-state index contributed by atoms with van der Waals surface area (Å²) < 4.78 is 1.67. The molecule has 0 atom stereocenters. The standard InChI is InChI=1S/C26H23N3O/c1-2-3-9-26(30)29-19-24(23-11-10-21(17-27)16-25(23)29)22-12-14-28(15-13-22)18-20-7-5-4-6-8-20/h1,4-8,10-12,16,19H,3,9,13-15,18H2. The first-order valence-corrected chi connectivity index (χ1v) is 10.2. The molecule has 0 unspecified atom stereocenters. The van der Waals surface area contributed by atoms with Crippen LogP contribution in [0.4, 0.5) is 0 Å². The number of terminal acetylenes is 1. The average Bonchev–Trinajstić information content (AvgIpc) is 3.17. The van der Waals surface area contributed by atoms with Gasteiger partial charge in [-0.15, -0.1) is 12.3 Å². The molecule has 0 aliphatic carbocycles. The Labute approximate surface area is 177 Å². The minimum Gasteiger partial charge on any atom is -0.295 e. The normalized spacial score (nSPS) is 14.1. The highest BCUT2D eigenvalue weighted by atomic mass is 16.2. The van der Waals surface area contributed by atoms with Crippen LogP contribution in [-0.4, -0.2) is 28.5 Å². The summed E-state index contributed by atoms with van der Waals surface area (Å²) in [5.41, 5.74) is 4.96. The predicted octanol–water partition coefficient (Wildman–Crippen LogP) is 4.86. The van der Waals surface area contributed by atoms with Gasteiger partial charge in [0.25, 0.3) is 0 Å². The van der Waals surface area contributed by atoms with Crippen molar-refractivity contribution >= 4 is 22.4 Å². The topological polar surface area (TPSA) is 49.0 Å². The maximum absolute atomic E-state index is 12.7. The summed E-state index contributed by atoms with van der Waals surface area (Å²) in [5.74, 6) is 2.49. The van der Waals surface area contributed by atoms with Crippen LogP contribution in [-0.2, 0) is 6.54 Å². The van der Waals surface area contributed by atoms with Crippen molar-refractivity contribution in [1.82, 2.24) is 9.47 Å². The monoisotopic (exact) mass is 393 g/mol. The molecule has 4 rings (SSSR count). The van der Waals surface area contributed by atoms with Gasteiger partial charge in [0, 0.05) is 49.6 Å². The van der Waals surface area contributed by atoms with Gasteiger partial charge < -0.3 is 0 Å². The Morgan fingerprint density at radius 1 is 1.17 bits per heavy atom. The lowest BCUT2D eigenvalue weighted by atomic mass is 9.98. The van der Waals surface area contributed by atoms with Crippen LogP contribution in [0.5, 0.6) is 0 Å². The summed E-state index contributed by atoms with van der Waals surface area (Å²) in [6.07, 6.45) is 11.1. The van der Waals surface area contributed by atoms with E-state index in [1.165, 1.54) is 11.1 Å². The molecule has 0 N–H and O–H groups in total. The van der Waals surface area contributed by atoms with Crippen molar-refractivity contribution in [2.75, 3.05) is 13.1 Å². The third-order valence-electron chi connectivity index (χ3n) is 5.57. The Balaban J connectivity index is 1.63. The van der Waals surface area contributed by atoms with E-state index >= 15 is 0 Å². The molecule has 2 heterocycles. The first-order valence-electron chi connectivity index (χ1n) is 10.2. The fourth-order valence-corrected chi connectivity index (χ4v) is 4.00. The molecule has 1 aromatic heterocycles. The van der Waals surface area contributed by atoms with Gasteiger partial charge in [-0.2, -0.15) is 5.26 Å². The van der Waals surface area contributed by atoms with E-state index in [2.05, 4.69) is 47.2 Å². The minimum atomic E-state index is -0.0404. The second kappa shape index (κ2) is 8.82. The highest BCUT2D eigenvalue weighted by molar-refractivity contribution is 6.00. The van der Waals surface area contributed by atoms with E-state index in [0.717, 1.165) is 42.5 Å². The Bertz CT molecular complexity index is 1190. The van der Waals surface area contributed by atoms with E-state index in [1.807, 2.05) is 24.4 Å². The van der Waals surface area contributed by atoms with Crippen LogP contribution < -0.4 is 0 Å². The van der Waals surface area contributed by atoms with Crippen LogP contribution >= 0.6 is 0 Å². The molecule has 2 aromatic carbocycles. The van der Waals surface area contributed by atoms with E-state index in [1.54, 1.807) is 10.6 Å². The smallest absolute Gasteiger partial charge is 0.232 e. The van der Waals surface area contributed by atoms with Crippen LogP contribution in [0.15, 0.2) is 60.8 Å². The second-order valence-corrected chi connectivity index (χ2v) is 7.55. The summed E-state index contributed by atoms with van der Waals surface area (Å²) in [7, 11) is 0. The lowest BCUT2D eigenvalue weighted by molar-refractivity contribution is 0.0910. The molecular formula is C26H23N3O. The molecule has 0 saturated heterocycles. The fourth-order valence-electron chi connectivity index (χ4n) is 4.00. The summed E-state index contributed by atoms with van der Waals surface area (Å²) in [4.78, 5) is 15.1. The summed E-state index contributed by atoms with van der Waals surface area (Å²) in [6, 6.07) is 18.2. The minimum absolute atomic E-state index is 0.0404. The number of hydrogen-bond donors (Lipinski definition) is 0. The molecule has 30 heavy (non-hydrogen) atoms. The van der Waals surface area contributed by atoms with Gasteiger partial charge in [-0.1, -0.05) is 42.5 Å². The number of carbonyl (C=O) groups is 1. The van der Waals surface area contributed by atoms with Crippen LogP contribution in [0.1, 0.15) is 40.7 Å². The lowest BCUT2D eigenvalue weighted by Crippen LogP contribution is -2.27. The maximum Gasteiger partial charge on any atom is 0.232 e. The van der Waals surface area contributed by atoms with Gasteiger partial charge in [-0.25, -0.2) is 0 Å². The van der Waals surface area contributed by atoms with Gasteiger partial charge in [0.1, 0.15) is 0 Å². The number of hydrogen-bond acceptors (Lipinski definition) is 3. The number of carbonyl (C=O) groups excluding carboxylic acids is 1. The molecule has 0 saturated carbocycles. The van der Waals surface area contributed by atoms with Crippen molar-refractivity contribution in [2.24, 2.45) is 0 Å². The number of rotatable bonds is 5. The molecule has 0 fully saturated rings. The number of nitrogens with zero attached hydrogens (tertiary/aromatic N) is 3. The highest BCUT2D eigenvalue weighted by Crippen LogP contribution is 2.32. The summed E-state index contributed by atoms with van der Waals surface area (Å²) >= 11 is 0. The SMILES string of the molecule is C#CCCC(=O)n1cc(C2=CCN(Cc3ccccc3)CC2)c2ccc(C#N)cc21. The van der Waals surface area contributed by atoms with Crippen molar-refractivity contribution in [2.45, 2.75) is 25.8 Å². The molecule has 1 aliphatic heterocycles. The Hall–Kier alpha value is -3.60. The van der Waals surface area contributed by atoms with Crippen LogP contribution in [0.3, 0.4) is 0 Å². The first kappa shape index (κ1) is 19.7. The van der Waals surface area contributed by atoms with Crippen LogP contribution in [0.25, 0.3) is 16.5 Å². The molecule has 0 spiro atoms. The third kappa shape index (κ3) is 4.06. The molecule has 4 nitrogen and oxygen atoms in total. The Morgan fingerprint density at radius 3 is 2.70 bits per heavy atom. The number of aromatic nitrogens is 1. The van der Waals surface area contributed by atoms with Gasteiger partial charge in [0.15, 0.2) is 0 Å². The van der Waals surface area contributed by atoms with Gasteiger partial charge in [-0.3, -0.25) is 14.3 Å². The van der Waals surface area contributed by atoms with Crippen molar-refractivity contribution < 1.29 is 4.79 Å². The highest BCUT2D eigenvalue weighted by Gasteiger charge is 2.19. The molecule has 3 aromatic rings. The van der Waals surface area contributed by atoms with Crippen molar-refractivity contribution in [3.8, 4) is 18.4 Å². The van der Waals surface area contributed by atoms with Crippen LogP contribution in [0, 0.1) is 23.7 Å². The number of benzene rings is 2. The van der Waals surface area contributed by atoms with Crippen molar-refractivity contribution in [3.63, 3.8) is 0 Å². The summed E-state index contributed by atoms with van der Waals surface area (Å²) in [5, 5.41) is 10.3. The molecule has 0 bridgehead atoms. The van der Waals surface area contributed by atoms with E-state index in [-0.39, 0.29) is 5.91 Å². The zero-order valence-corrected chi connectivity index (χ0v) is 16.8. The Morgan fingerprint density at radius 2 is 2.00 bits per heavy atom. The largest absolute Gasteiger partial charge is 0.295 e. The quantitative estimate of drug-likeness (QED) is 0.582. The molecule has 4 heteroatoms. The third-order valence-corrected chi connectivity index (χ3v) is 5.57. The molecule has 0 amide bonds. The average molecular weight is 393 g/mol. The fraction of sp³-hybridized carbons (Fsp3) is 0.231. The molecule has 148 valence electrons. The molecular weight excluding hydrogens is 370 g/mol. The van der Waals surface area contributed by atoms with Crippen molar-refractivity contribution in [1.29, 1.82) is 5.26 Å². The van der Waals surface area contributed by atoms with E-state index in [9.17, 15) is 10.1 Å². The number of nitriles is 1. The maximum atomic E-state index is 12.7. The van der Waals surface area contributed by atoms with Gasteiger partial charge in [-0.05, 0) is 29.7 Å². The van der Waals surface area contributed by atoms with E-state index in [4.69, 9.17) is 6.42 Å². The zero-order valence-electron chi connectivity index (χ0n) is 16.8. The van der Waals surface area contributed by atoms with Gasteiger partial charge in [0.05, 0.1) is 17.1 Å². The van der Waals surface area contributed by atoms with E-state index in [0.29, 0.717) is 18.4 Å². The second-order valence-electron chi connectivity index (χ2n) is 7.55. The molecule has 1 aliphatic rings.